The van der Waals surface area contributed by atoms with Crippen LogP contribution in [0.4, 0.5) is 0 Å². The van der Waals surface area contributed by atoms with E-state index in [9.17, 15) is 0 Å². The summed E-state index contributed by atoms with van der Waals surface area (Å²) in [5, 5.41) is 7.79. The van der Waals surface area contributed by atoms with Gasteiger partial charge in [-0.05, 0) is 49.5 Å². The summed E-state index contributed by atoms with van der Waals surface area (Å²) in [7, 11) is 0. The van der Waals surface area contributed by atoms with Crippen molar-refractivity contribution in [2.75, 3.05) is 0 Å². The Labute approximate surface area is 129 Å². The number of rotatable bonds is 1. The van der Waals surface area contributed by atoms with Crippen molar-refractivity contribution in [2.24, 2.45) is 0 Å². The maximum atomic E-state index is 3.37. The van der Waals surface area contributed by atoms with Crippen LogP contribution in [0.3, 0.4) is 0 Å². The lowest BCUT2D eigenvalue weighted by Crippen LogP contribution is -1.86. The van der Waals surface area contributed by atoms with Crippen molar-refractivity contribution in [1.29, 1.82) is 0 Å². The predicted octanol–water partition coefficient (Wildman–Crippen LogP) is 6.05. The fourth-order valence-electron chi connectivity index (χ4n) is 3.52. The standard InChI is InChI=1S/C22H13/c1-2-5-15(6-3-1)19-13-11-18-10-9-16-7-4-8-17-12-14-20(19)22(18)21(16)17/h1-7,9-14H. The highest BCUT2D eigenvalue weighted by atomic mass is 14.1. The first-order valence-corrected chi connectivity index (χ1v) is 7.55. The molecule has 0 atom stereocenters. The molecule has 0 saturated heterocycles. The molecular formula is C22H13. The summed E-state index contributed by atoms with van der Waals surface area (Å²) >= 11 is 0. The normalized spacial score (nSPS) is 11.6. The smallest absolute Gasteiger partial charge is 0.00203 e. The molecule has 0 saturated carbocycles. The van der Waals surface area contributed by atoms with Crippen LogP contribution in [0.5, 0.6) is 0 Å². The third-order valence-electron chi connectivity index (χ3n) is 4.53. The van der Waals surface area contributed by atoms with Gasteiger partial charge in [0.1, 0.15) is 0 Å². The molecular weight excluding hydrogens is 264 g/mol. The average Bonchev–Trinajstić information content (AvgIpc) is 2.60. The lowest BCUT2D eigenvalue weighted by Gasteiger charge is -2.13. The molecule has 0 nitrogen and oxygen atoms in total. The molecule has 0 N–H and O–H groups in total. The van der Waals surface area contributed by atoms with Crippen LogP contribution in [-0.4, -0.2) is 0 Å². The van der Waals surface area contributed by atoms with Gasteiger partial charge in [-0.25, -0.2) is 0 Å². The Morgan fingerprint density at radius 2 is 1.36 bits per heavy atom. The Bertz CT molecular complexity index is 1090. The maximum Gasteiger partial charge on any atom is -0.00203 e. The van der Waals surface area contributed by atoms with Crippen LogP contribution in [0.2, 0.25) is 0 Å². The molecule has 0 aliphatic rings. The Morgan fingerprint density at radius 3 is 2.23 bits per heavy atom. The van der Waals surface area contributed by atoms with Gasteiger partial charge in [0.25, 0.3) is 0 Å². The van der Waals surface area contributed by atoms with Crippen molar-refractivity contribution in [1.82, 2.24) is 0 Å². The van der Waals surface area contributed by atoms with E-state index >= 15 is 0 Å². The minimum atomic E-state index is 1.20. The third kappa shape index (κ3) is 1.52. The van der Waals surface area contributed by atoms with Gasteiger partial charge in [0.2, 0.25) is 0 Å². The maximum absolute atomic E-state index is 3.37. The molecule has 1 radical (unpaired) electrons. The van der Waals surface area contributed by atoms with Gasteiger partial charge in [-0.15, -0.1) is 0 Å². The summed E-state index contributed by atoms with van der Waals surface area (Å²) in [5.41, 5.74) is 2.57. The van der Waals surface area contributed by atoms with Gasteiger partial charge < -0.3 is 0 Å². The first-order valence-electron chi connectivity index (χ1n) is 7.55. The first kappa shape index (κ1) is 11.8. The molecule has 5 aromatic rings. The minimum Gasteiger partial charge on any atom is -0.0622 e. The Balaban J connectivity index is 2.02. The van der Waals surface area contributed by atoms with Gasteiger partial charge in [0, 0.05) is 0 Å². The second kappa shape index (κ2) is 4.32. The highest BCUT2D eigenvalue weighted by molar-refractivity contribution is 6.25. The van der Waals surface area contributed by atoms with Crippen LogP contribution in [0.15, 0.2) is 78.9 Å². The fraction of sp³-hybridized carbons (Fsp3) is 0. The SMILES string of the molecule is [c]1ccc2ccc3ccc(-c4ccccc4)c4ccc1c2c34. The van der Waals surface area contributed by atoms with Gasteiger partial charge in [-0.3, -0.25) is 0 Å². The van der Waals surface area contributed by atoms with Crippen molar-refractivity contribution >= 4 is 32.3 Å². The van der Waals surface area contributed by atoms with E-state index in [1.807, 2.05) is 6.07 Å². The molecule has 0 aliphatic heterocycles. The Kier molecular flexibility index (Phi) is 2.31. The third-order valence-corrected chi connectivity index (χ3v) is 4.53. The summed E-state index contributed by atoms with van der Waals surface area (Å²) in [4.78, 5) is 0. The van der Waals surface area contributed by atoms with Gasteiger partial charge in [-0.1, -0.05) is 78.9 Å². The molecule has 5 aromatic carbocycles. The van der Waals surface area contributed by atoms with E-state index in [-0.39, 0.29) is 0 Å². The molecule has 5 rings (SSSR count). The van der Waals surface area contributed by atoms with Crippen molar-refractivity contribution in [3.05, 3.63) is 84.9 Å². The van der Waals surface area contributed by atoms with E-state index in [1.165, 1.54) is 43.4 Å². The van der Waals surface area contributed by atoms with Gasteiger partial charge in [-0.2, -0.15) is 0 Å². The molecule has 0 unspecified atom stereocenters. The van der Waals surface area contributed by atoms with Crippen LogP contribution in [0, 0.1) is 6.07 Å². The van der Waals surface area contributed by atoms with Crippen molar-refractivity contribution in [3.63, 3.8) is 0 Å². The predicted molar refractivity (Wildman–Crippen MR) is 94.4 cm³/mol. The second-order valence-electron chi connectivity index (χ2n) is 5.75. The van der Waals surface area contributed by atoms with Crippen molar-refractivity contribution < 1.29 is 0 Å². The van der Waals surface area contributed by atoms with Crippen LogP contribution >= 0.6 is 0 Å². The first-order chi connectivity index (χ1) is 10.9. The van der Waals surface area contributed by atoms with Crippen LogP contribution in [0.25, 0.3) is 43.4 Å². The summed E-state index contributed by atoms with van der Waals surface area (Å²) < 4.78 is 0. The molecule has 22 heavy (non-hydrogen) atoms. The van der Waals surface area contributed by atoms with E-state index in [0.717, 1.165) is 0 Å². The van der Waals surface area contributed by atoms with E-state index in [1.54, 1.807) is 0 Å². The molecule has 0 heteroatoms. The van der Waals surface area contributed by atoms with Gasteiger partial charge >= 0.3 is 0 Å². The molecule has 101 valence electrons. The van der Waals surface area contributed by atoms with Crippen molar-refractivity contribution in [3.8, 4) is 11.1 Å². The lowest BCUT2D eigenvalue weighted by molar-refractivity contribution is 1.66. The van der Waals surface area contributed by atoms with Crippen LogP contribution in [0.1, 0.15) is 0 Å². The van der Waals surface area contributed by atoms with Gasteiger partial charge in [0.05, 0.1) is 0 Å². The lowest BCUT2D eigenvalue weighted by atomic mass is 9.90. The molecule has 0 aliphatic carbocycles. The highest BCUT2D eigenvalue weighted by Crippen LogP contribution is 2.38. The molecule has 0 heterocycles. The van der Waals surface area contributed by atoms with E-state index in [2.05, 4.69) is 78.9 Å². The zero-order valence-electron chi connectivity index (χ0n) is 12.0. The largest absolute Gasteiger partial charge is 0.0622 e. The van der Waals surface area contributed by atoms with E-state index in [4.69, 9.17) is 0 Å². The quantitative estimate of drug-likeness (QED) is 0.327. The summed E-state index contributed by atoms with van der Waals surface area (Å²) in [6.45, 7) is 0. The molecule has 0 amide bonds. The molecule has 0 spiro atoms. The molecule has 0 fully saturated rings. The van der Waals surface area contributed by atoms with Crippen molar-refractivity contribution in [2.45, 2.75) is 0 Å². The number of benzene rings is 5. The summed E-state index contributed by atoms with van der Waals surface area (Å²) in [6.07, 6.45) is 0. The number of hydrogen-bond donors (Lipinski definition) is 0. The summed E-state index contributed by atoms with van der Waals surface area (Å²) in [6, 6.07) is 31.5. The topological polar surface area (TPSA) is 0 Å². The van der Waals surface area contributed by atoms with E-state index < -0.39 is 0 Å². The van der Waals surface area contributed by atoms with Crippen LogP contribution < -0.4 is 0 Å². The highest BCUT2D eigenvalue weighted by Gasteiger charge is 2.11. The molecule has 0 aromatic heterocycles. The zero-order chi connectivity index (χ0) is 14.5. The minimum absolute atomic E-state index is 1.20. The molecule has 0 bridgehead atoms. The fourth-order valence-corrected chi connectivity index (χ4v) is 3.52. The van der Waals surface area contributed by atoms with E-state index in [0.29, 0.717) is 0 Å². The average molecular weight is 277 g/mol. The summed E-state index contributed by atoms with van der Waals surface area (Å²) in [5.74, 6) is 0. The monoisotopic (exact) mass is 277 g/mol. The Morgan fingerprint density at radius 1 is 0.591 bits per heavy atom. The van der Waals surface area contributed by atoms with Gasteiger partial charge in [0.15, 0.2) is 0 Å². The Hall–Kier alpha value is -2.86. The van der Waals surface area contributed by atoms with Crippen LogP contribution in [-0.2, 0) is 0 Å². The second-order valence-corrected chi connectivity index (χ2v) is 5.75. The zero-order valence-corrected chi connectivity index (χ0v) is 12.0. The number of hydrogen-bond acceptors (Lipinski definition) is 0.